The van der Waals surface area contributed by atoms with E-state index in [9.17, 15) is 4.79 Å². The van der Waals surface area contributed by atoms with Crippen LogP contribution in [0.4, 0.5) is 11.4 Å². The third-order valence-corrected chi connectivity index (χ3v) is 6.56. The Bertz CT molecular complexity index is 1200. The van der Waals surface area contributed by atoms with Crippen molar-refractivity contribution in [1.29, 1.82) is 0 Å². The minimum absolute atomic E-state index is 0.426. The van der Waals surface area contributed by atoms with Crippen LogP contribution in [0.5, 0.6) is 0 Å². The number of aliphatic imine (C=N–C) groups is 1. The zero-order valence-corrected chi connectivity index (χ0v) is 19.6. The number of anilines is 1. The summed E-state index contributed by atoms with van der Waals surface area (Å²) < 4.78 is 1.79. The maximum Gasteiger partial charge on any atom is 0.212 e. The largest absolute Gasteiger partial charge is 0.369 e. The van der Waals surface area contributed by atoms with Crippen LogP contribution in [0.15, 0.2) is 35.5 Å². The summed E-state index contributed by atoms with van der Waals surface area (Å²) in [6, 6.07) is 8.25. The van der Waals surface area contributed by atoms with Crippen LogP contribution in [0.2, 0.25) is 0 Å². The van der Waals surface area contributed by atoms with Crippen molar-refractivity contribution in [3.05, 3.63) is 53.1 Å². The van der Waals surface area contributed by atoms with Crippen LogP contribution in [0.3, 0.4) is 0 Å². The number of amidine groups is 1. The van der Waals surface area contributed by atoms with Crippen molar-refractivity contribution >= 4 is 29.1 Å². The molecule has 1 amide bonds. The average molecular weight is 446 g/mol. The monoisotopic (exact) mass is 445 g/mol. The quantitative estimate of drug-likeness (QED) is 0.359. The van der Waals surface area contributed by atoms with Crippen LogP contribution in [0.25, 0.3) is 5.52 Å². The summed E-state index contributed by atoms with van der Waals surface area (Å²) in [6.07, 6.45) is 5.33. The highest BCUT2D eigenvalue weighted by molar-refractivity contribution is 6.04. The molecule has 3 heterocycles. The Morgan fingerprint density at radius 2 is 1.94 bits per heavy atom. The van der Waals surface area contributed by atoms with Crippen LogP contribution >= 0.6 is 0 Å². The Labute approximate surface area is 194 Å². The molecular weight excluding hydrogens is 414 g/mol. The zero-order chi connectivity index (χ0) is 22.9. The first kappa shape index (κ1) is 21.6. The van der Waals surface area contributed by atoms with Crippen molar-refractivity contribution in [3.8, 4) is 0 Å². The summed E-state index contributed by atoms with van der Waals surface area (Å²) in [5, 5.41) is 7.34. The van der Waals surface area contributed by atoms with Gasteiger partial charge in [-0.15, -0.1) is 0 Å². The molecule has 2 aromatic heterocycles. The summed E-state index contributed by atoms with van der Waals surface area (Å²) in [4.78, 5) is 25.6. The van der Waals surface area contributed by atoms with E-state index >= 15 is 0 Å². The van der Waals surface area contributed by atoms with Crippen LogP contribution < -0.4 is 10.2 Å². The number of fused-ring (bicyclic) bond motifs is 1. The molecule has 0 unspecified atom stereocenters. The molecule has 1 aliphatic heterocycles. The second-order valence-corrected chi connectivity index (χ2v) is 9.25. The van der Waals surface area contributed by atoms with Gasteiger partial charge in [0.25, 0.3) is 0 Å². The van der Waals surface area contributed by atoms with Crippen molar-refractivity contribution in [2.45, 2.75) is 33.6 Å². The smallest absolute Gasteiger partial charge is 0.212 e. The number of nitrogens with zero attached hydrogens (tertiary/aromatic N) is 6. The maximum absolute atomic E-state index is 11.3. The van der Waals surface area contributed by atoms with Gasteiger partial charge in [0.1, 0.15) is 5.69 Å². The van der Waals surface area contributed by atoms with Crippen molar-refractivity contribution in [1.82, 2.24) is 24.8 Å². The molecule has 2 aliphatic rings. The molecule has 33 heavy (non-hydrogen) atoms. The number of hydrogen-bond donors (Lipinski definition) is 1. The minimum Gasteiger partial charge on any atom is -0.369 e. The Balaban J connectivity index is 1.36. The fraction of sp³-hybridized carbons (Fsp3) is 0.440. The van der Waals surface area contributed by atoms with E-state index in [0.29, 0.717) is 17.9 Å². The van der Waals surface area contributed by atoms with Gasteiger partial charge in [-0.05, 0) is 69.4 Å². The molecule has 1 aliphatic carbocycles. The molecule has 8 nitrogen and oxygen atoms in total. The number of carbonyl (C=O) groups is 1. The molecule has 3 aromatic rings. The van der Waals surface area contributed by atoms with E-state index in [1.165, 1.54) is 25.1 Å². The first-order chi connectivity index (χ1) is 16.0. The molecular formula is C25H31N7O. The topological polar surface area (TPSA) is 78.1 Å². The Morgan fingerprint density at radius 1 is 1.15 bits per heavy atom. The standard InChI is InChI=1S/C25H31N7O/c1-17-12-21(31-10-8-30(9-11-31)15-20-4-5-20)6-7-22(17)28-25(26-16-33)23-13-24-19(3)27-18(2)14-32(24)29-23/h6-7,12-14,16,20H,4-5,8-11,15H2,1-3H3,(H,26,28,33). The van der Waals surface area contributed by atoms with Crippen LogP contribution in [0.1, 0.15) is 35.5 Å². The molecule has 0 atom stereocenters. The number of nitrogens with one attached hydrogen (secondary N) is 1. The molecule has 1 saturated heterocycles. The van der Waals surface area contributed by atoms with Gasteiger partial charge in [0.2, 0.25) is 6.41 Å². The number of rotatable bonds is 6. The Hall–Kier alpha value is -3.26. The summed E-state index contributed by atoms with van der Waals surface area (Å²) in [6.45, 7) is 11.6. The van der Waals surface area contributed by atoms with Gasteiger partial charge in [-0.25, -0.2) is 9.51 Å². The maximum atomic E-state index is 11.3. The van der Waals surface area contributed by atoms with Gasteiger partial charge < -0.3 is 10.2 Å². The van der Waals surface area contributed by atoms with Gasteiger partial charge in [0.05, 0.1) is 28.8 Å². The molecule has 0 spiro atoms. The highest BCUT2D eigenvalue weighted by Crippen LogP contribution is 2.31. The number of aromatic nitrogens is 3. The summed E-state index contributed by atoms with van der Waals surface area (Å²) in [5.41, 5.74) is 6.38. The number of piperazine rings is 1. The SMILES string of the molecule is Cc1cn2nc(/C(=N/c3ccc(N4CCN(CC5CC5)CC4)cc3C)NC=O)cc2c(C)n1. The molecule has 1 aromatic carbocycles. The van der Waals surface area contributed by atoms with Crippen LogP contribution in [-0.2, 0) is 4.79 Å². The Kier molecular flexibility index (Phi) is 5.85. The lowest BCUT2D eigenvalue weighted by molar-refractivity contribution is -0.108. The normalized spacial score (nSPS) is 17.5. The minimum atomic E-state index is 0.426. The molecule has 0 bridgehead atoms. The molecule has 172 valence electrons. The highest BCUT2D eigenvalue weighted by atomic mass is 16.1. The van der Waals surface area contributed by atoms with Gasteiger partial charge in [-0.3, -0.25) is 14.7 Å². The van der Waals surface area contributed by atoms with Gasteiger partial charge >= 0.3 is 0 Å². The third kappa shape index (κ3) is 4.75. The van der Waals surface area contributed by atoms with Crippen molar-refractivity contribution in [2.75, 3.05) is 37.6 Å². The molecule has 2 fully saturated rings. The summed E-state index contributed by atoms with van der Waals surface area (Å²) in [7, 11) is 0. The fourth-order valence-electron chi connectivity index (χ4n) is 4.56. The number of benzene rings is 1. The van der Waals surface area contributed by atoms with Gasteiger partial charge in [0.15, 0.2) is 5.84 Å². The predicted octanol–water partition coefficient (Wildman–Crippen LogP) is 3.01. The molecule has 1 N–H and O–H groups in total. The van der Waals surface area contributed by atoms with E-state index in [2.05, 4.69) is 44.3 Å². The van der Waals surface area contributed by atoms with E-state index < -0.39 is 0 Å². The lowest BCUT2D eigenvalue weighted by Gasteiger charge is -2.36. The van der Waals surface area contributed by atoms with Crippen LogP contribution in [0, 0.1) is 26.7 Å². The molecule has 1 saturated carbocycles. The van der Waals surface area contributed by atoms with Crippen molar-refractivity contribution < 1.29 is 4.79 Å². The van der Waals surface area contributed by atoms with Crippen molar-refractivity contribution in [3.63, 3.8) is 0 Å². The average Bonchev–Trinajstić information content (AvgIpc) is 3.50. The van der Waals surface area contributed by atoms with E-state index in [0.717, 1.165) is 60.3 Å². The lowest BCUT2D eigenvalue weighted by Crippen LogP contribution is -2.47. The van der Waals surface area contributed by atoms with Gasteiger partial charge in [-0.2, -0.15) is 5.10 Å². The fourth-order valence-corrected chi connectivity index (χ4v) is 4.56. The Morgan fingerprint density at radius 3 is 2.64 bits per heavy atom. The second-order valence-electron chi connectivity index (χ2n) is 9.25. The third-order valence-electron chi connectivity index (χ3n) is 6.56. The molecule has 5 rings (SSSR count). The number of amides is 1. The second kappa shape index (κ2) is 8.94. The van der Waals surface area contributed by atoms with E-state index in [1.807, 2.05) is 32.2 Å². The number of hydrogen-bond acceptors (Lipinski definition) is 6. The van der Waals surface area contributed by atoms with E-state index in [-0.39, 0.29) is 0 Å². The first-order valence-electron chi connectivity index (χ1n) is 11.7. The molecule has 8 heteroatoms. The zero-order valence-electron chi connectivity index (χ0n) is 19.6. The first-order valence-corrected chi connectivity index (χ1v) is 11.7. The highest BCUT2D eigenvalue weighted by Gasteiger charge is 2.26. The van der Waals surface area contributed by atoms with E-state index in [4.69, 9.17) is 4.99 Å². The van der Waals surface area contributed by atoms with Gasteiger partial charge in [0, 0.05) is 38.4 Å². The number of carbonyl (C=O) groups excluding carboxylic acids is 1. The van der Waals surface area contributed by atoms with Gasteiger partial charge in [-0.1, -0.05) is 0 Å². The van der Waals surface area contributed by atoms with Crippen LogP contribution in [-0.4, -0.2) is 64.5 Å². The van der Waals surface area contributed by atoms with E-state index in [1.54, 1.807) is 4.52 Å². The molecule has 0 radical (unpaired) electrons. The number of aryl methyl sites for hydroxylation is 3. The summed E-state index contributed by atoms with van der Waals surface area (Å²) in [5.74, 6) is 1.37. The lowest BCUT2D eigenvalue weighted by atomic mass is 10.1. The predicted molar refractivity (Wildman–Crippen MR) is 130 cm³/mol. The summed E-state index contributed by atoms with van der Waals surface area (Å²) >= 11 is 0. The van der Waals surface area contributed by atoms with Crippen molar-refractivity contribution in [2.24, 2.45) is 10.9 Å².